The van der Waals surface area contributed by atoms with Crippen LogP contribution in [0.3, 0.4) is 0 Å². The van der Waals surface area contributed by atoms with Crippen molar-refractivity contribution >= 4 is 0 Å². The number of fused-ring (bicyclic) bond motifs is 5. The first-order valence-electron chi connectivity index (χ1n) is 8.04. The van der Waals surface area contributed by atoms with Gasteiger partial charge >= 0.3 is 0 Å². The predicted octanol–water partition coefficient (Wildman–Crippen LogP) is 3.25. The van der Waals surface area contributed by atoms with Crippen LogP contribution in [0, 0.1) is 29.6 Å². The van der Waals surface area contributed by atoms with E-state index in [-0.39, 0.29) is 0 Å². The predicted molar refractivity (Wildman–Crippen MR) is 70.3 cm³/mol. The Balaban J connectivity index is 1.55. The average Bonchev–Trinajstić information content (AvgIpc) is 3.04. The molecule has 2 heteroatoms. The third kappa shape index (κ3) is 1.48. The molecule has 4 aliphatic rings. The summed E-state index contributed by atoms with van der Waals surface area (Å²) in [4.78, 5) is 0. The van der Waals surface area contributed by atoms with E-state index in [1.165, 1.54) is 32.1 Å². The molecule has 0 N–H and O–H groups in total. The minimum Gasteiger partial charge on any atom is -0.377 e. The van der Waals surface area contributed by atoms with Gasteiger partial charge in [0, 0.05) is 11.8 Å². The molecule has 0 aromatic rings. The molecule has 7 unspecified atom stereocenters. The zero-order valence-corrected chi connectivity index (χ0v) is 11.7. The lowest BCUT2D eigenvalue weighted by Crippen LogP contribution is -2.41. The highest BCUT2D eigenvalue weighted by atomic mass is 16.5. The molecular formula is C16H26O2. The monoisotopic (exact) mass is 250 g/mol. The number of rotatable bonds is 1. The molecule has 3 aliphatic heterocycles. The fourth-order valence-electron chi connectivity index (χ4n) is 5.31. The van der Waals surface area contributed by atoms with Crippen LogP contribution in [0.2, 0.25) is 0 Å². The van der Waals surface area contributed by atoms with Crippen molar-refractivity contribution in [3.05, 3.63) is 0 Å². The SMILES string of the molecule is CC1C(C)C2OC1C1COC(C3CCCCC3)C12. The van der Waals surface area contributed by atoms with Gasteiger partial charge in [-0.1, -0.05) is 33.1 Å². The molecule has 2 bridgehead atoms. The van der Waals surface area contributed by atoms with E-state index in [4.69, 9.17) is 9.47 Å². The minimum absolute atomic E-state index is 0.503. The minimum atomic E-state index is 0.503. The van der Waals surface area contributed by atoms with Gasteiger partial charge in [-0.2, -0.15) is 0 Å². The molecule has 0 spiro atoms. The van der Waals surface area contributed by atoms with Gasteiger partial charge in [0.15, 0.2) is 0 Å². The standard InChI is InChI=1S/C16H26O2/c1-9-10(2)15-13-12(14(9)18-15)8-17-16(13)11-6-4-3-5-7-11/h9-16H,3-8H2,1-2H3. The van der Waals surface area contributed by atoms with E-state index >= 15 is 0 Å². The van der Waals surface area contributed by atoms with Gasteiger partial charge in [0.2, 0.25) is 0 Å². The quantitative estimate of drug-likeness (QED) is 0.711. The lowest BCUT2D eigenvalue weighted by atomic mass is 9.66. The summed E-state index contributed by atoms with van der Waals surface area (Å²) in [6, 6.07) is 0. The summed E-state index contributed by atoms with van der Waals surface area (Å²) >= 11 is 0. The van der Waals surface area contributed by atoms with Crippen LogP contribution in [-0.2, 0) is 9.47 Å². The van der Waals surface area contributed by atoms with Crippen molar-refractivity contribution < 1.29 is 9.47 Å². The van der Waals surface area contributed by atoms with Crippen LogP contribution in [0.4, 0.5) is 0 Å². The molecule has 7 atom stereocenters. The van der Waals surface area contributed by atoms with Crippen molar-refractivity contribution in [1.82, 2.24) is 0 Å². The molecule has 3 saturated heterocycles. The van der Waals surface area contributed by atoms with Gasteiger partial charge in [-0.15, -0.1) is 0 Å². The van der Waals surface area contributed by atoms with Gasteiger partial charge in [0.05, 0.1) is 24.9 Å². The molecule has 4 fully saturated rings. The number of hydrogen-bond donors (Lipinski definition) is 0. The van der Waals surface area contributed by atoms with E-state index in [1.54, 1.807) is 0 Å². The van der Waals surface area contributed by atoms with Crippen molar-refractivity contribution in [2.75, 3.05) is 6.61 Å². The van der Waals surface area contributed by atoms with Gasteiger partial charge in [0.1, 0.15) is 0 Å². The molecule has 3 heterocycles. The Morgan fingerprint density at radius 2 is 1.56 bits per heavy atom. The average molecular weight is 250 g/mol. The van der Waals surface area contributed by atoms with Crippen molar-refractivity contribution in [2.45, 2.75) is 64.3 Å². The second kappa shape index (κ2) is 4.21. The summed E-state index contributed by atoms with van der Waals surface area (Å²) in [5, 5.41) is 0. The van der Waals surface area contributed by atoms with E-state index in [0.717, 1.165) is 30.3 Å². The highest BCUT2D eigenvalue weighted by Gasteiger charge is 2.62. The Bertz CT molecular complexity index is 323. The van der Waals surface area contributed by atoms with E-state index in [1.807, 2.05) is 0 Å². The maximum atomic E-state index is 6.30. The first-order chi connectivity index (χ1) is 8.77. The smallest absolute Gasteiger partial charge is 0.0665 e. The summed E-state index contributed by atoms with van der Waals surface area (Å²) in [5.41, 5.74) is 0. The third-order valence-electron chi connectivity index (χ3n) is 6.45. The van der Waals surface area contributed by atoms with E-state index in [2.05, 4.69) is 13.8 Å². The van der Waals surface area contributed by atoms with Gasteiger partial charge < -0.3 is 9.47 Å². The summed E-state index contributed by atoms with van der Waals surface area (Å²) in [6.07, 6.45) is 8.61. The second-order valence-electron chi connectivity index (χ2n) is 7.22. The Hall–Kier alpha value is -0.0800. The molecule has 2 nitrogen and oxygen atoms in total. The molecule has 18 heavy (non-hydrogen) atoms. The van der Waals surface area contributed by atoms with Crippen molar-refractivity contribution in [2.24, 2.45) is 29.6 Å². The van der Waals surface area contributed by atoms with Crippen molar-refractivity contribution in [1.29, 1.82) is 0 Å². The Morgan fingerprint density at radius 3 is 2.33 bits per heavy atom. The molecular weight excluding hydrogens is 224 g/mol. The zero-order valence-electron chi connectivity index (χ0n) is 11.7. The summed E-state index contributed by atoms with van der Waals surface area (Å²) in [5.74, 6) is 3.76. The lowest BCUT2D eigenvalue weighted by molar-refractivity contribution is -0.0271. The van der Waals surface area contributed by atoms with Crippen LogP contribution in [-0.4, -0.2) is 24.9 Å². The van der Waals surface area contributed by atoms with Gasteiger partial charge in [0.25, 0.3) is 0 Å². The molecule has 102 valence electrons. The van der Waals surface area contributed by atoms with Gasteiger partial charge in [-0.25, -0.2) is 0 Å². The zero-order chi connectivity index (χ0) is 12.3. The topological polar surface area (TPSA) is 18.5 Å². The molecule has 1 aliphatic carbocycles. The highest BCUT2D eigenvalue weighted by molar-refractivity contribution is 5.08. The molecule has 1 saturated carbocycles. The normalized spacial score (nSPS) is 56.0. The summed E-state index contributed by atoms with van der Waals surface area (Å²) in [6.45, 7) is 5.74. The van der Waals surface area contributed by atoms with Crippen LogP contribution in [0.5, 0.6) is 0 Å². The molecule has 0 radical (unpaired) electrons. The molecule has 4 rings (SSSR count). The maximum absolute atomic E-state index is 6.30. The lowest BCUT2D eigenvalue weighted by Gasteiger charge is -2.36. The molecule has 0 aromatic carbocycles. The van der Waals surface area contributed by atoms with Crippen LogP contribution >= 0.6 is 0 Å². The number of ether oxygens (including phenoxy) is 2. The Labute approximate surface area is 110 Å². The fourth-order valence-corrected chi connectivity index (χ4v) is 5.31. The van der Waals surface area contributed by atoms with E-state index < -0.39 is 0 Å². The van der Waals surface area contributed by atoms with E-state index in [9.17, 15) is 0 Å². The first kappa shape index (κ1) is 11.7. The van der Waals surface area contributed by atoms with Crippen molar-refractivity contribution in [3.63, 3.8) is 0 Å². The second-order valence-corrected chi connectivity index (χ2v) is 7.22. The fraction of sp³-hybridized carbons (Fsp3) is 1.00. The van der Waals surface area contributed by atoms with Crippen LogP contribution in [0.15, 0.2) is 0 Å². The third-order valence-corrected chi connectivity index (χ3v) is 6.45. The molecule has 0 aromatic heterocycles. The molecule has 0 amide bonds. The Kier molecular flexibility index (Phi) is 2.74. The summed E-state index contributed by atoms with van der Waals surface area (Å²) in [7, 11) is 0. The maximum Gasteiger partial charge on any atom is 0.0665 e. The first-order valence-corrected chi connectivity index (χ1v) is 8.04. The Morgan fingerprint density at radius 1 is 0.833 bits per heavy atom. The number of hydrogen-bond acceptors (Lipinski definition) is 2. The van der Waals surface area contributed by atoms with Gasteiger partial charge in [-0.05, 0) is 30.6 Å². The van der Waals surface area contributed by atoms with Crippen molar-refractivity contribution in [3.8, 4) is 0 Å². The van der Waals surface area contributed by atoms with Gasteiger partial charge in [-0.3, -0.25) is 0 Å². The van der Waals surface area contributed by atoms with Crippen LogP contribution in [0.25, 0.3) is 0 Å². The largest absolute Gasteiger partial charge is 0.377 e. The summed E-state index contributed by atoms with van der Waals surface area (Å²) < 4.78 is 12.6. The van der Waals surface area contributed by atoms with E-state index in [0.29, 0.717) is 24.2 Å². The van der Waals surface area contributed by atoms with Crippen LogP contribution in [0.1, 0.15) is 46.0 Å². The van der Waals surface area contributed by atoms with Crippen LogP contribution < -0.4 is 0 Å². The highest BCUT2D eigenvalue weighted by Crippen LogP contribution is 2.56.